The van der Waals surface area contributed by atoms with Crippen molar-refractivity contribution >= 4 is 44.0 Å². The molecule has 0 aromatic heterocycles. The van der Waals surface area contributed by atoms with Crippen molar-refractivity contribution in [1.29, 1.82) is 0 Å². The smallest absolute Gasteiger partial charge is 0.271 e. The van der Waals surface area contributed by atoms with Crippen molar-refractivity contribution in [3.63, 3.8) is 0 Å². The Morgan fingerprint density at radius 3 is 2.31 bits per heavy atom. The molecule has 3 rings (SSSR count). The fraction of sp³-hybridized carbons (Fsp3) is 0.231. The van der Waals surface area contributed by atoms with E-state index in [4.69, 9.17) is 18.9 Å². The van der Waals surface area contributed by atoms with Crippen molar-refractivity contribution in [2.75, 3.05) is 20.3 Å². The van der Waals surface area contributed by atoms with Crippen LogP contribution in [0, 0.1) is 0 Å². The summed E-state index contributed by atoms with van der Waals surface area (Å²) in [5.74, 6) is 1.85. The lowest BCUT2D eigenvalue weighted by molar-refractivity contribution is 0.0954. The van der Waals surface area contributed by atoms with Gasteiger partial charge >= 0.3 is 0 Å². The second kappa shape index (κ2) is 13.2. The molecule has 0 heterocycles. The van der Waals surface area contributed by atoms with Crippen LogP contribution in [0.1, 0.15) is 35.3 Å². The summed E-state index contributed by atoms with van der Waals surface area (Å²) in [5.41, 5.74) is 4.68. The molecule has 0 aliphatic rings. The van der Waals surface area contributed by atoms with E-state index in [1.165, 1.54) is 13.3 Å². The molecule has 0 radical (unpaired) electrons. The largest absolute Gasteiger partial charge is 0.493 e. The van der Waals surface area contributed by atoms with Crippen LogP contribution in [0.5, 0.6) is 23.0 Å². The van der Waals surface area contributed by atoms with Gasteiger partial charge in [-0.1, -0.05) is 28.1 Å². The number of amides is 1. The summed E-state index contributed by atoms with van der Waals surface area (Å²) in [6.45, 7) is 5.14. The van der Waals surface area contributed by atoms with Gasteiger partial charge in [-0.2, -0.15) is 5.10 Å². The zero-order chi connectivity index (χ0) is 25.2. The first-order valence-electron chi connectivity index (χ1n) is 10.9. The van der Waals surface area contributed by atoms with Gasteiger partial charge in [0.05, 0.1) is 31.0 Å². The van der Waals surface area contributed by atoms with E-state index in [2.05, 4.69) is 42.4 Å². The first kappa shape index (κ1) is 26.6. The van der Waals surface area contributed by atoms with Crippen LogP contribution in [0.15, 0.2) is 68.6 Å². The number of carbonyl (C=O) groups is 1. The van der Waals surface area contributed by atoms with Gasteiger partial charge in [-0.3, -0.25) is 4.79 Å². The lowest BCUT2D eigenvalue weighted by Gasteiger charge is -2.15. The predicted octanol–water partition coefficient (Wildman–Crippen LogP) is 6.36. The molecule has 0 fully saturated rings. The number of methoxy groups -OCH3 is 1. The minimum atomic E-state index is -0.374. The third-order valence-electron chi connectivity index (χ3n) is 4.73. The van der Waals surface area contributed by atoms with E-state index >= 15 is 0 Å². The number of hydrogen-bond acceptors (Lipinski definition) is 6. The Morgan fingerprint density at radius 2 is 1.63 bits per heavy atom. The summed E-state index contributed by atoms with van der Waals surface area (Å²) < 4.78 is 24.3. The average molecular weight is 606 g/mol. The highest BCUT2D eigenvalue weighted by Gasteiger charge is 2.13. The topological polar surface area (TPSA) is 78.4 Å². The number of nitrogens with one attached hydrogen (secondary N) is 1. The zero-order valence-corrected chi connectivity index (χ0v) is 22.8. The van der Waals surface area contributed by atoms with Crippen LogP contribution in [-0.4, -0.2) is 32.4 Å². The van der Waals surface area contributed by atoms with Crippen LogP contribution in [0.4, 0.5) is 0 Å². The summed E-state index contributed by atoms with van der Waals surface area (Å²) in [6.07, 6.45) is 1.54. The Morgan fingerprint density at radius 1 is 0.914 bits per heavy atom. The molecule has 0 aliphatic heterocycles. The minimum Gasteiger partial charge on any atom is -0.493 e. The molecule has 0 saturated heterocycles. The molecule has 7 nitrogen and oxygen atoms in total. The van der Waals surface area contributed by atoms with Crippen molar-refractivity contribution in [3.8, 4) is 23.0 Å². The Hall–Kier alpha value is -3.04. The minimum absolute atomic E-state index is 0.374. The third-order valence-corrected chi connectivity index (χ3v) is 5.85. The van der Waals surface area contributed by atoms with Crippen LogP contribution in [-0.2, 0) is 6.61 Å². The number of ether oxygens (including phenoxy) is 4. The van der Waals surface area contributed by atoms with Gasteiger partial charge in [0, 0.05) is 10.0 Å². The van der Waals surface area contributed by atoms with Crippen LogP contribution < -0.4 is 24.4 Å². The number of carbonyl (C=O) groups excluding carboxylic acids is 1. The van der Waals surface area contributed by atoms with E-state index in [0.29, 0.717) is 52.9 Å². The highest BCUT2D eigenvalue weighted by atomic mass is 79.9. The number of halogens is 2. The predicted molar refractivity (Wildman–Crippen MR) is 143 cm³/mol. The Balaban J connectivity index is 1.70. The number of benzene rings is 3. The van der Waals surface area contributed by atoms with E-state index in [1.54, 1.807) is 24.3 Å². The molecule has 3 aromatic rings. The molecule has 1 amide bonds. The number of hydrogen-bond donors (Lipinski definition) is 1. The number of nitrogens with zero attached hydrogens (tertiary/aromatic N) is 1. The van der Waals surface area contributed by atoms with E-state index < -0.39 is 0 Å². The van der Waals surface area contributed by atoms with Crippen LogP contribution >= 0.6 is 31.9 Å². The summed E-state index contributed by atoms with van der Waals surface area (Å²) in [5, 5.41) is 4.09. The molecular formula is C26H26Br2N2O5. The highest BCUT2D eigenvalue weighted by Crippen LogP contribution is 2.37. The molecule has 0 bridgehead atoms. The highest BCUT2D eigenvalue weighted by molar-refractivity contribution is 9.10. The molecule has 0 spiro atoms. The SMILES string of the molecule is CCOc1ccc(C(=O)N/N=C/c2cc(Br)c(OCc3ccc(Br)cc3)c(OCC)c2)cc1OC. The third kappa shape index (κ3) is 7.47. The first-order chi connectivity index (χ1) is 16.9. The quantitative estimate of drug-likeness (QED) is 0.203. The normalized spacial score (nSPS) is 10.8. The molecule has 0 saturated carbocycles. The molecule has 3 aromatic carbocycles. The second-order valence-corrected chi connectivity index (χ2v) is 8.95. The van der Waals surface area contributed by atoms with Gasteiger partial charge in [0.25, 0.3) is 5.91 Å². The maximum Gasteiger partial charge on any atom is 0.271 e. The van der Waals surface area contributed by atoms with Gasteiger partial charge in [0.2, 0.25) is 0 Å². The monoisotopic (exact) mass is 604 g/mol. The molecule has 0 atom stereocenters. The number of hydrazone groups is 1. The van der Waals surface area contributed by atoms with Crippen molar-refractivity contribution < 1.29 is 23.7 Å². The molecule has 0 aliphatic carbocycles. The molecule has 0 unspecified atom stereocenters. The fourth-order valence-corrected chi connectivity index (χ4v) is 3.95. The van der Waals surface area contributed by atoms with E-state index in [9.17, 15) is 4.79 Å². The lowest BCUT2D eigenvalue weighted by Crippen LogP contribution is -2.17. The van der Waals surface area contributed by atoms with Crippen molar-refractivity contribution in [2.24, 2.45) is 5.10 Å². The summed E-state index contributed by atoms with van der Waals surface area (Å²) >= 11 is 6.99. The molecule has 35 heavy (non-hydrogen) atoms. The van der Waals surface area contributed by atoms with Crippen LogP contribution in [0.3, 0.4) is 0 Å². The second-order valence-electron chi connectivity index (χ2n) is 7.18. The first-order valence-corrected chi connectivity index (χ1v) is 12.5. The van der Waals surface area contributed by atoms with Gasteiger partial charge in [0.15, 0.2) is 23.0 Å². The molecular weight excluding hydrogens is 580 g/mol. The van der Waals surface area contributed by atoms with Gasteiger partial charge in [-0.25, -0.2) is 5.43 Å². The van der Waals surface area contributed by atoms with Crippen LogP contribution in [0.2, 0.25) is 0 Å². The van der Waals surface area contributed by atoms with Crippen molar-refractivity contribution in [2.45, 2.75) is 20.5 Å². The van der Waals surface area contributed by atoms with Gasteiger partial charge in [-0.05, 0) is 83.4 Å². The van der Waals surface area contributed by atoms with Gasteiger partial charge in [0.1, 0.15) is 6.61 Å². The van der Waals surface area contributed by atoms with E-state index in [1.807, 2.05) is 44.2 Å². The van der Waals surface area contributed by atoms with E-state index in [0.717, 1.165) is 15.6 Å². The standard InChI is InChI=1S/C26H26Br2N2O5/c1-4-33-22-11-8-19(14-23(22)32-3)26(31)30-29-15-18-12-21(28)25(24(13-18)34-5-2)35-16-17-6-9-20(27)10-7-17/h6-15H,4-5,16H2,1-3H3,(H,30,31)/b29-15+. The number of rotatable bonds is 11. The van der Waals surface area contributed by atoms with Crippen molar-refractivity contribution in [3.05, 3.63) is 80.2 Å². The zero-order valence-electron chi connectivity index (χ0n) is 19.6. The van der Waals surface area contributed by atoms with Crippen LogP contribution in [0.25, 0.3) is 0 Å². The van der Waals surface area contributed by atoms with E-state index in [-0.39, 0.29) is 5.91 Å². The Bertz CT molecular complexity index is 1180. The summed E-state index contributed by atoms with van der Waals surface area (Å²) in [6, 6.07) is 16.5. The van der Waals surface area contributed by atoms with Crippen molar-refractivity contribution in [1.82, 2.24) is 5.43 Å². The Labute approximate surface area is 221 Å². The summed E-state index contributed by atoms with van der Waals surface area (Å²) in [4.78, 5) is 12.5. The summed E-state index contributed by atoms with van der Waals surface area (Å²) in [7, 11) is 1.53. The maximum absolute atomic E-state index is 12.5. The lowest BCUT2D eigenvalue weighted by atomic mass is 10.2. The average Bonchev–Trinajstić information content (AvgIpc) is 2.85. The van der Waals surface area contributed by atoms with Gasteiger partial charge in [-0.15, -0.1) is 0 Å². The maximum atomic E-state index is 12.5. The van der Waals surface area contributed by atoms with Gasteiger partial charge < -0.3 is 18.9 Å². The molecule has 184 valence electrons. The fourth-order valence-electron chi connectivity index (χ4n) is 3.12. The molecule has 1 N–H and O–H groups in total. The Kier molecular flexibility index (Phi) is 9.98. The molecule has 9 heteroatoms.